The quantitative estimate of drug-likeness (QED) is 0.487. The monoisotopic (exact) mass is 525 g/mol. The Labute approximate surface area is 223 Å². The van der Waals surface area contributed by atoms with Crippen LogP contribution < -0.4 is 0 Å². The zero-order chi connectivity index (χ0) is 26.4. The molecule has 2 aliphatic heterocycles. The van der Waals surface area contributed by atoms with Crippen molar-refractivity contribution in [3.8, 4) is 5.69 Å². The number of hydrogen-bond donors (Lipinski definition) is 1. The van der Waals surface area contributed by atoms with Gasteiger partial charge in [0, 0.05) is 55.2 Å². The molecule has 1 N–H and O–H groups in total. The second-order valence-corrected chi connectivity index (χ2v) is 10.5. The van der Waals surface area contributed by atoms with Crippen molar-refractivity contribution < 1.29 is 14.7 Å². The molecule has 9 heteroatoms. The molecule has 2 fully saturated rings. The molecule has 2 aliphatic rings. The van der Waals surface area contributed by atoms with E-state index < -0.39 is 0 Å². The van der Waals surface area contributed by atoms with E-state index in [0.29, 0.717) is 11.8 Å². The smallest absolute Gasteiger partial charge is 0.319 e. The van der Waals surface area contributed by atoms with E-state index in [4.69, 9.17) is 21.5 Å². The highest BCUT2D eigenvalue weighted by Gasteiger charge is 2.29. The third kappa shape index (κ3) is 6.43. The van der Waals surface area contributed by atoms with Crippen LogP contribution in [-0.2, 0) is 4.79 Å². The number of benzene rings is 1. The fraction of sp³-hybridized carbons (Fsp3) is 0.464. The van der Waals surface area contributed by atoms with Crippen LogP contribution in [0.15, 0.2) is 48.9 Å². The summed E-state index contributed by atoms with van der Waals surface area (Å²) in [4.78, 5) is 32.2. The summed E-state index contributed by atoms with van der Waals surface area (Å²) in [6.07, 6.45) is 10.4. The third-order valence-electron chi connectivity index (χ3n) is 7.65. The Balaban J connectivity index is 0.00000102. The molecule has 0 spiro atoms. The predicted molar refractivity (Wildman–Crippen MR) is 147 cm³/mol. The third-order valence-corrected chi connectivity index (χ3v) is 7.90. The van der Waals surface area contributed by atoms with E-state index in [0.717, 1.165) is 61.8 Å². The number of hydrogen-bond acceptors (Lipinski definition) is 4. The zero-order valence-corrected chi connectivity index (χ0v) is 22.3. The van der Waals surface area contributed by atoms with Gasteiger partial charge in [-0.2, -0.15) is 0 Å². The van der Waals surface area contributed by atoms with Gasteiger partial charge in [-0.25, -0.2) is 4.79 Å². The van der Waals surface area contributed by atoms with Gasteiger partial charge in [0.1, 0.15) is 0 Å². The second-order valence-electron chi connectivity index (χ2n) is 10.1. The van der Waals surface area contributed by atoms with E-state index in [1.807, 2.05) is 53.5 Å². The number of piperidine rings is 2. The van der Waals surface area contributed by atoms with Gasteiger partial charge < -0.3 is 24.4 Å². The minimum absolute atomic E-state index is 0.185. The van der Waals surface area contributed by atoms with Gasteiger partial charge >= 0.3 is 6.03 Å². The Morgan fingerprint density at radius 2 is 1.76 bits per heavy atom. The molecule has 4 heterocycles. The molecule has 37 heavy (non-hydrogen) atoms. The molecule has 198 valence electrons. The molecule has 0 atom stereocenters. The molecule has 2 saturated heterocycles. The fourth-order valence-electron chi connectivity index (χ4n) is 5.57. The molecule has 2 amide bonds. The summed E-state index contributed by atoms with van der Waals surface area (Å²) in [5.41, 5.74) is 3.53. The number of likely N-dealkylation sites (tertiary alicyclic amines) is 2. The van der Waals surface area contributed by atoms with E-state index in [2.05, 4.69) is 33.8 Å². The number of nitrogens with zero attached hydrogens (tertiary/aromatic N) is 5. The standard InChI is InChI=1S/C27H34ClN5O.CH2O2/c1-30-13-8-20(9-14-30)18-31(2)27(34)32-15-10-21(11-16-32)25-19-33(23-5-3-22(28)4-6-23)26-17-29-12-7-24(25)26;2-1-3/h3-7,12,17,19-21H,8-11,13-16,18H2,1-2H3;1H,(H,2,3). The van der Waals surface area contributed by atoms with Crippen molar-refractivity contribution >= 4 is 35.0 Å². The predicted octanol–water partition coefficient (Wildman–Crippen LogP) is 4.95. The minimum atomic E-state index is -0.250. The summed E-state index contributed by atoms with van der Waals surface area (Å²) < 4.78 is 2.21. The van der Waals surface area contributed by atoms with Crippen LogP contribution >= 0.6 is 11.6 Å². The van der Waals surface area contributed by atoms with Crippen molar-refractivity contribution in [3.63, 3.8) is 0 Å². The summed E-state index contributed by atoms with van der Waals surface area (Å²) in [6, 6.07) is 10.2. The Hall–Kier alpha value is -3.10. The van der Waals surface area contributed by atoms with E-state index in [-0.39, 0.29) is 12.5 Å². The number of carbonyl (C=O) groups is 2. The molecular weight excluding hydrogens is 490 g/mol. The van der Waals surface area contributed by atoms with Crippen molar-refractivity contribution in [2.45, 2.75) is 31.6 Å². The first-order chi connectivity index (χ1) is 17.9. The van der Waals surface area contributed by atoms with Crippen LogP contribution in [0.25, 0.3) is 16.6 Å². The van der Waals surface area contributed by atoms with Gasteiger partial charge in [-0.3, -0.25) is 9.78 Å². The maximum absolute atomic E-state index is 13.1. The van der Waals surface area contributed by atoms with Gasteiger partial charge in [0.2, 0.25) is 0 Å². The van der Waals surface area contributed by atoms with E-state index in [9.17, 15) is 4.79 Å². The fourth-order valence-corrected chi connectivity index (χ4v) is 5.70. The number of amides is 2. The summed E-state index contributed by atoms with van der Waals surface area (Å²) in [7, 11) is 4.15. The van der Waals surface area contributed by atoms with Crippen molar-refractivity contribution in [1.29, 1.82) is 0 Å². The number of urea groups is 1. The molecule has 0 radical (unpaired) electrons. The van der Waals surface area contributed by atoms with Crippen LogP contribution in [0.2, 0.25) is 5.02 Å². The van der Waals surface area contributed by atoms with Crippen LogP contribution in [-0.4, -0.2) is 88.7 Å². The zero-order valence-electron chi connectivity index (χ0n) is 21.6. The molecule has 2 aromatic heterocycles. The maximum atomic E-state index is 13.1. The average Bonchev–Trinajstić information content (AvgIpc) is 3.30. The Kier molecular flexibility index (Phi) is 9.05. The van der Waals surface area contributed by atoms with Crippen molar-refractivity contribution in [2.75, 3.05) is 46.8 Å². The van der Waals surface area contributed by atoms with Gasteiger partial charge in [-0.05, 0) is 93.6 Å². The highest BCUT2D eigenvalue weighted by molar-refractivity contribution is 6.30. The first-order valence-corrected chi connectivity index (χ1v) is 13.3. The SMILES string of the molecule is CN1CCC(CN(C)C(=O)N2CCC(c3cn(-c4ccc(Cl)cc4)c4cnccc34)CC2)CC1.O=CO. The first-order valence-electron chi connectivity index (χ1n) is 12.9. The summed E-state index contributed by atoms with van der Waals surface area (Å²) in [5, 5.41) is 8.87. The molecule has 0 aliphatic carbocycles. The molecule has 0 unspecified atom stereocenters. The van der Waals surface area contributed by atoms with Crippen molar-refractivity contribution in [2.24, 2.45) is 5.92 Å². The Morgan fingerprint density at radius 1 is 1.11 bits per heavy atom. The molecule has 0 bridgehead atoms. The average molecular weight is 526 g/mol. The lowest BCUT2D eigenvalue weighted by Crippen LogP contribution is -2.47. The number of aromatic nitrogens is 2. The van der Waals surface area contributed by atoms with Crippen LogP contribution in [0, 0.1) is 5.92 Å². The summed E-state index contributed by atoms with van der Waals surface area (Å²) >= 11 is 6.11. The second kappa shape index (κ2) is 12.4. The molecule has 1 aromatic carbocycles. The maximum Gasteiger partial charge on any atom is 0.319 e. The van der Waals surface area contributed by atoms with E-state index >= 15 is 0 Å². The molecule has 8 nitrogen and oxygen atoms in total. The van der Waals surface area contributed by atoms with Crippen molar-refractivity contribution in [3.05, 3.63) is 59.5 Å². The lowest BCUT2D eigenvalue weighted by molar-refractivity contribution is -0.122. The minimum Gasteiger partial charge on any atom is -0.483 e. The first kappa shape index (κ1) is 26.9. The summed E-state index contributed by atoms with van der Waals surface area (Å²) in [6.45, 7) is 4.50. The lowest BCUT2D eigenvalue weighted by atomic mass is 9.89. The Bertz CT molecular complexity index is 1180. The highest BCUT2D eigenvalue weighted by Crippen LogP contribution is 2.36. The number of fused-ring (bicyclic) bond motifs is 1. The lowest BCUT2D eigenvalue weighted by Gasteiger charge is -2.37. The summed E-state index contributed by atoms with van der Waals surface area (Å²) in [5.74, 6) is 1.05. The van der Waals surface area contributed by atoms with Crippen LogP contribution in [0.3, 0.4) is 0 Å². The van der Waals surface area contributed by atoms with Crippen LogP contribution in [0.5, 0.6) is 0 Å². The molecule has 0 saturated carbocycles. The highest BCUT2D eigenvalue weighted by atomic mass is 35.5. The molecule has 5 rings (SSSR count). The van der Waals surface area contributed by atoms with Gasteiger partial charge in [0.25, 0.3) is 6.47 Å². The van der Waals surface area contributed by atoms with Gasteiger partial charge in [0.15, 0.2) is 0 Å². The van der Waals surface area contributed by atoms with Crippen molar-refractivity contribution in [1.82, 2.24) is 24.3 Å². The van der Waals surface area contributed by atoms with Gasteiger partial charge in [-0.1, -0.05) is 11.6 Å². The van der Waals surface area contributed by atoms with Gasteiger partial charge in [0.05, 0.1) is 11.7 Å². The number of halogens is 1. The number of rotatable bonds is 4. The van der Waals surface area contributed by atoms with Crippen LogP contribution in [0.4, 0.5) is 4.79 Å². The van der Waals surface area contributed by atoms with Gasteiger partial charge in [-0.15, -0.1) is 0 Å². The Morgan fingerprint density at radius 3 is 2.41 bits per heavy atom. The number of carbonyl (C=O) groups excluding carboxylic acids is 1. The van der Waals surface area contributed by atoms with E-state index in [1.54, 1.807) is 0 Å². The molecular formula is C28H36ClN5O3. The molecule has 3 aromatic rings. The van der Waals surface area contributed by atoms with Crippen LogP contribution in [0.1, 0.15) is 37.2 Å². The van der Waals surface area contributed by atoms with E-state index in [1.165, 1.54) is 23.8 Å². The number of pyridine rings is 1. The normalized spacial score (nSPS) is 17.3. The topological polar surface area (TPSA) is 81.9 Å². The largest absolute Gasteiger partial charge is 0.483 e. The number of carboxylic acid groups (broad SMARTS) is 1.